The maximum Gasteiger partial charge on any atom is 0.197 e. The lowest BCUT2D eigenvalue weighted by Gasteiger charge is -2.34. The van der Waals surface area contributed by atoms with Gasteiger partial charge in [0.1, 0.15) is 13.1 Å². The summed E-state index contributed by atoms with van der Waals surface area (Å²) >= 11 is 0. The molecule has 0 unspecified atom stereocenters. The van der Waals surface area contributed by atoms with Crippen molar-refractivity contribution in [3.8, 4) is 11.3 Å². The summed E-state index contributed by atoms with van der Waals surface area (Å²) in [6, 6.07) is 11.1. The molecule has 3 atom stereocenters. The lowest BCUT2D eigenvalue weighted by Crippen LogP contribution is -2.49. The van der Waals surface area contributed by atoms with Gasteiger partial charge in [-0.1, -0.05) is 57.5 Å². The fourth-order valence-corrected chi connectivity index (χ4v) is 3.93. The van der Waals surface area contributed by atoms with Crippen LogP contribution in [0.25, 0.3) is 11.3 Å². The van der Waals surface area contributed by atoms with Crippen molar-refractivity contribution in [2.75, 3.05) is 0 Å². The molecule has 118 valence electrons. The normalized spacial score (nSPS) is 25.6. The van der Waals surface area contributed by atoms with Gasteiger partial charge in [0, 0.05) is 11.5 Å². The molecule has 0 amide bonds. The highest BCUT2D eigenvalue weighted by molar-refractivity contribution is 5.57. The van der Waals surface area contributed by atoms with E-state index in [1.807, 2.05) is 4.68 Å². The Kier molecular flexibility index (Phi) is 4.32. The first-order valence-corrected chi connectivity index (χ1v) is 8.57. The summed E-state index contributed by atoms with van der Waals surface area (Å²) in [6.45, 7) is 7.09. The zero-order valence-corrected chi connectivity index (χ0v) is 14.2. The van der Waals surface area contributed by atoms with Crippen LogP contribution in [0.3, 0.4) is 0 Å². The Morgan fingerprint density at radius 3 is 2.59 bits per heavy atom. The van der Waals surface area contributed by atoms with E-state index in [1.165, 1.54) is 30.5 Å². The molecule has 0 radical (unpaired) electrons. The lowest BCUT2D eigenvalue weighted by molar-refractivity contribution is -0.788. The molecular weight excluding hydrogens is 270 g/mol. The average molecular weight is 298 g/mol. The van der Waals surface area contributed by atoms with Crippen molar-refractivity contribution in [1.82, 2.24) is 9.90 Å². The van der Waals surface area contributed by atoms with Crippen LogP contribution in [-0.4, -0.2) is 9.90 Å². The standard InChI is InChI=1S/C19H28N3/c1-14(2)17-11-10-15(3)12-18(17)22-13-19(21(4)20-22)16-8-6-5-7-9-16/h5-9,13-15,17-18H,10-12H2,1-4H3/q+1/t15-,17+,18+/m1/s1. The summed E-state index contributed by atoms with van der Waals surface area (Å²) in [4.78, 5) is 0. The second kappa shape index (κ2) is 6.23. The third-order valence-corrected chi connectivity index (χ3v) is 5.24. The van der Waals surface area contributed by atoms with Gasteiger partial charge in [0.05, 0.1) is 5.21 Å². The van der Waals surface area contributed by atoms with E-state index in [-0.39, 0.29) is 0 Å². The zero-order valence-electron chi connectivity index (χ0n) is 14.2. The minimum atomic E-state index is 0.535. The second-order valence-electron chi connectivity index (χ2n) is 7.27. The molecule has 0 saturated heterocycles. The number of benzene rings is 1. The minimum Gasteiger partial charge on any atom is -0.133 e. The summed E-state index contributed by atoms with van der Waals surface area (Å²) in [5, 5.41) is 4.81. The number of hydrogen-bond donors (Lipinski definition) is 0. The van der Waals surface area contributed by atoms with Crippen LogP contribution < -0.4 is 4.68 Å². The van der Waals surface area contributed by atoms with Gasteiger partial charge < -0.3 is 0 Å². The quantitative estimate of drug-likeness (QED) is 0.785. The Labute approximate surface area is 134 Å². The van der Waals surface area contributed by atoms with Crippen LogP contribution in [0.1, 0.15) is 46.1 Å². The third-order valence-electron chi connectivity index (χ3n) is 5.24. The van der Waals surface area contributed by atoms with E-state index in [1.54, 1.807) is 0 Å². The highest BCUT2D eigenvalue weighted by atomic mass is 15.5. The Bertz CT molecular complexity index is 615. The molecule has 1 saturated carbocycles. The molecule has 3 nitrogen and oxygen atoms in total. The van der Waals surface area contributed by atoms with Crippen LogP contribution in [-0.2, 0) is 7.05 Å². The Morgan fingerprint density at radius 2 is 1.91 bits per heavy atom. The lowest BCUT2D eigenvalue weighted by atomic mass is 9.74. The highest BCUT2D eigenvalue weighted by Gasteiger charge is 2.36. The first kappa shape index (κ1) is 15.3. The molecule has 1 aromatic heterocycles. The predicted molar refractivity (Wildman–Crippen MR) is 89.2 cm³/mol. The Morgan fingerprint density at radius 1 is 1.18 bits per heavy atom. The van der Waals surface area contributed by atoms with Crippen LogP contribution in [0.2, 0.25) is 0 Å². The van der Waals surface area contributed by atoms with Crippen molar-refractivity contribution < 1.29 is 4.68 Å². The summed E-state index contributed by atoms with van der Waals surface area (Å²) in [5.41, 5.74) is 2.43. The predicted octanol–water partition coefficient (Wildman–Crippen LogP) is 4.01. The molecule has 0 N–H and O–H groups in total. The first-order chi connectivity index (χ1) is 10.6. The molecule has 3 heteroatoms. The summed E-state index contributed by atoms with van der Waals surface area (Å²) < 4.78 is 4.26. The Hall–Kier alpha value is -1.64. The van der Waals surface area contributed by atoms with Gasteiger partial charge in [-0.3, -0.25) is 0 Å². The first-order valence-electron chi connectivity index (χ1n) is 8.57. The van der Waals surface area contributed by atoms with Gasteiger partial charge in [-0.25, -0.2) is 0 Å². The number of aryl methyl sites for hydroxylation is 1. The van der Waals surface area contributed by atoms with E-state index < -0.39 is 0 Å². The van der Waals surface area contributed by atoms with Crippen molar-refractivity contribution in [2.45, 2.75) is 46.1 Å². The molecule has 1 fully saturated rings. The largest absolute Gasteiger partial charge is 0.197 e. The van der Waals surface area contributed by atoms with Crippen molar-refractivity contribution in [1.29, 1.82) is 0 Å². The van der Waals surface area contributed by atoms with E-state index >= 15 is 0 Å². The number of hydrogen-bond acceptors (Lipinski definition) is 1. The molecule has 1 aromatic carbocycles. The van der Waals surface area contributed by atoms with E-state index in [9.17, 15) is 0 Å². The monoisotopic (exact) mass is 298 g/mol. The molecule has 1 aliphatic rings. The fraction of sp³-hybridized carbons (Fsp3) is 0.579. The maximum absolute atomic E-state index is 4.81. The van der Waals surface area contributed by atoms with Crippen LogP contribution in [0.4, 0.5) is 0 Å². The van der Waals surface area contributed by atoms with Crippen LogP contribution >= 0.6 is 0 Å². The maximum atomic E-state index is 4.81. The molecular formula is C19H28N3+. The molecule has 1 aliphatic carbocycles. The van der Waals surface area contributed by atoms with Gasteiger partial charge in [0.2, 0.25) is 0 Å². The molecule has 2 aromatic rings. The zero-order chi connectivity index (χ0) is 15.7. The van der Waals surface area contributed by atoms with E-state index in [2.05, 4.69) is 69.0 Å². The van der Waals surface area contributed by atoms with Crippen LogP contribution in [0, 0.1) is 17.8 Å². The van der Waals surface area contributed by atoms with E-state index in [0.717, 1.165) is 11.8 Å². The van der Waals surface area contributed by atoms with Gasteiger partial charge in [0.25, 0.3) is 0 Å². The van der Waals surface area contributed by atoms with Crippen LogP contribution in [0.15, 0.2) is 36.5 Å². The summed E-state index contributed by atoms with van der Waals surface area (Å²) in [6.07, 6.45) is 6.18. The molecule has 0 bridgehead atoms. The molecule has 1 heterocycles. The molecule has 0 spiro atoms. The fourth-order valence-electron chi connectivity index (χ4n) is 3.93. The smallest absolute Gasteiger partial charge is 0.133 e. The topological polar surface area (TPSA) is 21.7 Å². The Balaban J connectivity index is 1.94. The molecule has 0 aliphatic heterocycles. The van der Waals surface area contributed by atoms with Crippen molar-refractivity contribution in [3.63, 3.8) is 0 Å². The third kappa shape index (κ3) is 2.94. The van der Waals surface area contributed by atoms with Crippen molar-refractivity contribution in [3.05, 3.63) is 36.5 Å². The van der Waals surface area contributed by atoms with Gasteiger partial charge in [-0.2, -0.15) is 0 Å². The average Bonchev–Trinajstić information content (AvgIpc) is 2.89. The summed E-state index contributed by atoms with van der Waals surface area (Å²) in [7, 11) is 2.05. The van der Waals surface area contributed by atoms with Crippen LogP contribution in [0.5, 0.6) is 0 Å². The van der Waals surface area contributed by atoms with E-state index in [4.69, 9.17) is 5.21 Å². The van der Waals surface area contributed by atoms with Gasteiger partial charge >= 0.3 is 0 Å². The number of aromatic nitrogens is 3. The van der Waals surface area contributed by atoms with Gasteiger partial charge in [-0.05, 0) is 24.7 Å². The summed E-state index contributed by atoms with van der Waals surface area (Å²) in [5.74, 6) is 2.25. The van der Waals surface area contributed by atoms with Gasteiger partial charge in [-0.15, -0.1) is 9.36 Å². The van der Waals surface area contributed by atoms with Gasteiger partial charge in [0.15, 0.2) is 11.9 Å². The highest BCUT2D eigenvalue weighted by Crippen LogP contribution is 2.38. The molecule has 22 heavy (non-hydrogen) atoms. The van der Waals surface area contributed by atoms with E-state index in [0.29, 0.717) is 12.0 Å². The SMILES string of the molecule is CC(C)[C@@H]1CC[C@@H](C)C[C@@H]1[n+]1cc(-c2ccccc2)n(C)n1. The van der Waals surface area contributed by atoms with Crippen molar-refractivity contribution >= 4 is 0 Å². The molecule has 3 rings (SSSR count). The second-order valence-corrected chi connectivity index (χ2v) is 7.27. The number of nitrogens with zero attached hydrogens (tertiary/aromatic N) is 3. The number of rotatable bonds is 3. The minimum absolute atomic E-state index is 0.535. The van der Waals surface area contributed by atoms with Crippen molar-refractivity contribution in [2.24, 2.45) is 24.8 Å².